The average molecular weight is 147 g/mol. The van der Waals surface area contributed by atoms with E-state index in [1.54, 1.807) is 7.05 Å². The van der Waals surface area contributed by atoms with Crippen molar-refractivity contribution in [1.29, 1.82) is 0 Å². The van der Waals surface area contributed by atoms with Gasteiger partial charge in [-0.05, 0) is 23.8 Å². The zero-order chi connectivity index (χ0) is 6.41. The molecule has 8 heavy (non-hydrogen) atoms. The van der Waals surface area contributed by atoms with Gasteiger partial charge in [-0.3, -0.25) is 4.99 Å². The van der Waals surface area contributed by atoms with Crippen LogP contribution in [0.4, 0.5) is 0 Å². The molecule has 0 radical (unpaired) electrons. The maximum atomic E-state index is 3.96. The molecule has 0 N–H and O–H groups in total. The Bertz CT molecular complexity index is 104. The third kappa shape index (κ3) is 3.16. The molecule has 0 aromatic heterocycles. The highest BCUT2D eigenvalue weighted by Gasteiger charge is 1.83. The molecule has 0 saturated carbocycles. The number of allylic oxidation sites excluding steroid dienone is 1. The van der Waals surface area contributed by atoms with Crippen molar-refractivity contribution in [3.8, 4) is 0 Å². The van der Waals surface area contributed by atoms with E-state index in [2.05, 4.69) is 16.7 Å². The van der Waals surface area contributed by atoms with Gasteiger partial charge in [-0.25, -0.2) is 0 Å². The first-order valence-corrected chi connectivity index (χ1v) is 4.13. The van der Waals surface area contributed by atoms with Crippen LogP contribution in [0.15, 0.2) is 17.1 Å². The minimum absolute atomic E-state index is 0.941. The third-order valence-electron chi connectivity index (χ3n) is 0.623. The van der Waals surface area contributed by atoms with Crippen molar-refractivity contribution in [3.05, 3.63) is 12.2 Å². The molecule has 0 unspecified atom stereocenters. The number of nitrogens with zero attached hydrogens (tertiary/aromatic N) is 1. The number of hydrogen-bond donors (Lipinski definition) is 1. The maximum absolute atomic E-state index is 3.96. The average Bonchev–Trinajstić information content (AvgIpc) is 1.83. The van der Waals surface area contributed by atoms with E-state index in [1.165, 1.54) is 10.8 Å². The van der Waals surface area contributed by atoms with Crippen LogP contribution in [0.1, 0.15) is 6.92 Å². The molecule has 0 spiro atoms. The number of hydrogen-bond acceptors (Lipinski definition) is 3. The smallest absolute Gasteiger partial charge is 0.100 e. The lowest BCUT2D eigenvalue weighted by atomic mass is 10.6. The molecule has 0 aliphatic rings. The monoisotopic (exact) mass is 147 g/mol. The lowest BCUT2D eigenvalue weighted by molar-refractivity contribution is 1.47. The van der Waals surface area contributed by atoms with Crippen molar-refractivity contribution >= 4 is 27.5 Å². The quantitative estimate of drug-likeness (QED) is 0.259. The van der Waals surface area contributed by atoms with Crippen LogP contribution in [-0.2, 0) is 0 Å². The molecule has 46 valence electrons. The molecule has 1 nitrogen and oxygen atoms in total. The third-order valence-corrected chi connectivity index (χ3v) is 1.69. The van der Waals surface area contributed by atoms with Crippen molar-refractivity contribution in [2.75, 3.05) is 7.05 Å². The Labute approximate surface area is 59.1 Å². The van der Waals surface area contributed by atoms with Gasteiger partial charge in [-0.1, -0.05) is 6.08 Å². The lowest BCUT2D eigenvalue weighted by Crippen LogP contribution is -1.78. The van der Waals surface area contributed by atoms with Gasteiger partial charge in [-0.15, -0.1) is 11.7 Å². The van der Waals surface area contributed by atoms with Gasteiger partial charge in [0.15, 0.2) is 0 Å². The first-order valence-electron chi connectivity index (χ1n) is 2.26. The summed E-state index contributed by atoms with van der Waals surface area (Å²) >= 11 is 3.96. The summed E-state index contributed by atoms with van der Waals surface area (Å²) in [5.41, 5.74) is 0. The van der Waals surface area contributed by atoms with Crippen molar-refractivity contribution < 1.29 is 0 Å². The predicted octanol–water partition coefficient (Wildman–Crippen LogP) is 2.17. The maximum Gasteiger partial charge on any atom is 0.100 e. The molecule has 0 bridgehead atoms. The molecule has 0 saturated heterocycles. The molecule has 0 aromatic rings. The molecule has 0 heterocycles. The van der Waals surface area contributed by atoms with Gasteiger partial charge in [0.05, 0.1) is 0 Å². The second kappa shape index (κ2) is 5.25. The summed E-state index contributed by atoms with van der Waals surface area (Å²) in [5, 5.41) is 0.941. The zero-order valence-electron chi connectivity index (χ0n) is 4.96. The predicted molar refractivity (Wildman–Crippen MR) is 44.8 cm³/mol. The van der Waals surface area contributed by atoms with Gasteiger partial charge in [0.2, 0.25) is 0 Å². The second-order valence-electron chi connectivity index (χ2n) is 1.15. The van der Waals surface area contributed by atoms with Gasteiger partial charge < -0.3 is 0 Å². The van der Waals surface area contributed by atoms with E-state index >= 15 is 0 Å². The van der Waals surface area contributed by atoms with Gasteiger partial charge in [-0.2, -0.15) is 0 Å². The van der Waals surface area contributed by atoms with E-state index in [0.717, 1.165) is 5.04 Å². The Hall–Kier alpha value is 0.110. The van der Waals surface area contributed by atoms with Crippen LogP contribution in [0.2, 0.25) is 0 Å². The summed E-state index contributed by atoms with van der Waals surface area (Å²) in [6.07, 6.45) is 3.85. The Morgan fingerprint density at radius 3 is 2.50 bits per heavy atom. The first-order chi connectivity index (χ1) is 3.85. The molecule has 0 atom stereocenters. The zero-order valence-corrected chi connectivity index (χ0v) is 6.67. The van der Waals surface area contributed by atoms with E-state index in [4.69, 9.17) is 0 Å². The van der Waals surface area contributed by atoms with E-state index in [0.29, 0.717) is 0 Å². The van der Waals surface area contributed by atoms with Crippen molar-refractivity contribution in [3.63, 3.8) is 0 Å². The van der Waals surface area contributed by atoms with Crippen LogP contribution in [0.5, 0.6) is 0 Å². The first kappa shape index (κ1) is 8.11. The van der Waals surface area contributed by atoms with Crippen LogP contribution in [0.3, 0.4) is 0 Å². The minimum atomic E-state index is 0.941. The van der Waals surface area contributed by atoms with Gasteiger partial charge in [0.1, 0.15) is 5.04 Å². The Morgan fingerprint density at radius 1 is 1.75 bits per heavy atom. The largest absolute Gasteiger partial charge is 0.281 e. The Morgan fingerprint density at radius 2 is 2.38 bits per heavy atom. The fourth-order valence-corrected chi connectivity index (χ4v) is 0.994. The molecule has 3 heteroatoms. The highest BCUT2D eigenvalue weighted by molar-refractivity contribution is 8.75. The summed E-state index contributed by atoms with van der Waals surface area (Å²) in [6.45, 7) is 1.95. The van der Waals surface area contributed by atoms with Crippen molar-refractivity contribution in [1.82, 2.24) is 0 Å². The topological polar surface area (TPSA) is 12.4 Å². The van der Waals surface area contributed by atoms with E-state index < -0.39 is 0 Å². The van der Waals surface area contributed by atoms with Crippen LogP contribution >= 0.6 is 22.5 Å². The molecule has 0 fully saturated rings. The van der Waals surface area contributed by atoms with Gasteiger partial charge in [0.25, 0.3) is 0 Å². The van der Waals surface area contributed by atoms with Crippen molar-refractivity contribution in [2.24, 2.45) is 4.99 Å². The standard InChI is InChI=1S/C5H9NS2/c1-3-4-5(6-2)8-7/h3-4,7H,1-2H3/b4-3-,6-5?. The number of rotatable bonds is 1. The summed E-state index contributed by atoms with van der Waals surface area (Å²) in [4.78, 5) is 3.91. The van der Waals surface area contributed by atoms with Gasteiger partial charge >= 0.3 is 0 Å². The van der Waals surface area contributed by atoms with Crippen LogP contribution in [0, 0.1) is 0 Å². The number of aliphatic imine (C=N–C) groups is 1. The summed E-state index contributed by atoms with van der Waals surface area (Å²) in [6, 6.07) is 0. The SMILES string of the molecule is C/C=C\C(=NC)SS. The Balaban J connectivity index is 3.72. The molecule has 0 aliphatic carbocycles. The highest BCUT2D eigenvalue weighted by atomic mass is 33.1. The fraction of sp³-hybridized carbons (Fsp3) is 0.400. The summed E-state index contributed by atoms with van der Waals surface area (Å²) in [7, 11) is 3.10. The molecule has 0 aromatic carbocycles. The number of thiol groups is 1. The summed E-state index contributed by atoms with van der Waals surface area (Å²) in [5.74, 6) is 0. The molecular weight excluding hydrogens is 138 g/mol. The minimum Gasteiger partial charge on any atom is -0.281 e. The van der Waals surface area contributed by atoms with Crippen LogP contribution in [0.25, 0.3) is 0 Å². The molecule has 0 rings (SSSR count). The highest BCUT2D eigenvalue weighted by Crippen LogP contribution is 2.08. The summed E-state index contributed by atoms with van der Waals surface area (Å²) < 4.78 is 0. The molecule has 0 aliphatic heterocycles. The van der Waals surface area contributed by atoms with Crippen molar-refractivity contribution in [2.45, 2.75) is 6.92 Å². The molecule has 0 amide bonds. The van der Waals surface area contributed by atoms with Crippen LogP contribution in [-0.4, -0.2) is 12.1 Å². The molecular formula is C5H9NS2. The van der Waals surface area contributed by atoms with Gasteiger partial charge in [0, 0.05) is 7.05 Å². The van der Waals surface area contributed by atoms with E-state index in [1.807, 2.05) is 19.1 Å². The Kier molecular flexibility index (Phi) is 5.32. The van der Waals surface area contributed by atoms with E-state index in [-0.39, 0.29) is 0 Å². The second-order valence-corrected chi connectivity index (χ2v) is 2.30. The normalized spacial score (nSPS) is 13.1. The fourth-order valence-electron chi connectivity index (χ4n) is 0.288. The van der Waals surface area contributed by atoms with E-state index in [9.17, 15) is 0 Å². The van der Waals surface area contributed by atoms with Crippen LogP contribution < -0.4 is 0 Å². The lowest BCUT2D eigenvalue weighted by Gasteiger charge is -1.87.